The summed E-state index contributed by atoms with van der Waals surface area (Å²) in [4.78, 5) is 13.9. The molecule has 2 aromatic rings. The zero-order chi connectivity index (χ0) is 14.7. The van der Waals surface area contributed by atoms with Crippen molar-refractivity contribution in [3.05, 3.63) is 41.3 Å². The van der Waals surface area contributed by atoms with Gasteiger partial charge in [0.15, 0.2) is 0 Å². The second-order valence-corrected chi connectivity index (χ2v) is 4.58. The summed E-state index contributed by atoms with van der Waals surface area (Å²) in [5, 5.41) is 3.86. The van der Waals surface area contributed by atoms with Crippen molar-refractivity contribution in [2.75, 3.05) is 19.9 Å². The maximum atomic E-state index is 12.3. The van der Waals surface area contributed by atoms with E-state index in [1.165, 1.54) is 7.11 Å². The van der Waals surface area contributed by atoms with E-state index in [2.05, 4.69) is 5.16 Å². The summed E-state index contributed by atoms with van der Waals surface area (Å²) in [7, 11) is 3.23. The lowest BCUT2D eigenvalue weighted by molar-refractivity contribution is 0.0782. The van der Waals surface area contributed by atoms with Gasteiger partial charge in [-0.1, -0.05) is 5.16 Å². The van der Waals surface area contributed by atoms with Crippen molar-refractivity contribution in [2.24, 2.45) is 0 Å². The summed E-state index contributed by atoms with van der Waals surface area (Å²) >= 11 is 0. The van der Waals surface area contributed by atoms with Gasteiger partial charge in [-0.05, 0) is 19.1 Å². The van der Waals surface area contributed by atoms with Crippen LogP contribution in [0.4, 0.5) is 5.69 Å². The molecular weight excluding hydrogens is 258 g/mol. The fourth-order valence-electron chi connectivity index (χ4n) is 1.89. The minimum atomic E-state index is -0.156. The van der Waals surface area contributed by atoms with Crippen LogP contribution in [0.5, 0.6) is 5.75 Å². The molecule has 1 amide bonds. The zero-order valence-electron chi connectivity index (χ0n) is 11.7. The number of nitrogen functional groups attached to an aromatic ring is 1. The fourth-order valence-corrected chi connectivity index (χ4v) is 1.89. The van der Waals surface area contributed by atoms with E-state index < -0.39 is 0 Å². The van der Waals surface area contributed by atoms with Crippen molar-refractivity contribution in [3.8, 4) is 5.75 Å². The number of aromatic nitrogens is 1. The van der Waals surface area contributed by atoms with E-state index in [1.807, 2.05) is 0 Å². The standard InChI is InChI=1S/C14H17N3O3/c1-9-4-12(16-20-9)8-17(2)14(18)10-5-11(15)7-13(6-10)19-3/h4-7H,8,15H2,1-3H3. The van der Waals surface area contributed by atoms with Gasteiger partial charge in [-0.25, -0.2) is 0 Å². The first-order valence-corrected chi connectivity index (χ1v) is 6.12. The van der Waals surface area contributed by atoms with Crippen molar-refractivity contribution < 1.29 is 14.1 Å². The Hall–Kier alpha value is -2.50. The largest absolute Gasteiger partial charge is 0.497 e. The number of nitrogens with two attached hydrogens (primary N) is 1. The number of carbonyl (C=O) groups excluding carboxylic acids is 1. The zero-order valence-corrected chi connectivity index (χ0v) is 11.7. The van der Waals surface area contributed by atoms with Crippen LogP contribution in [0.15, 0.2) is 28.8 Å². The first-order valence-electron chi connectivity index (χ1n) is 6.12. The van der Waals surface area contributed by atoms with Crippen molar-refractivity contribution in [2.45, 2.75) is 13.5 Å². The molecule has 0 aliphatic heterocycles. The van der Waals surface area contributed by atoms with Gasteiger partial charge in [0.25, 0.3) is 5.91 Å². The number of hydrogen-bond acceptors (Lipinski definition) is 5. The van der Waals surface area contributed by atoms with Crippen LogP contribution >= 0.6 is 0 Å². The van der Waals surface area contributed by atoms with Crippen molar-refractivity contribution >= 4 is 11.6 Å². The molecule has 1 aromatic heterocycles. The summed E-state index contributed by atoms with van der Waals surface area (Å²) in [5.74, 6) is 1.11. The number of methoxy groups -OCH3 is 1. The van der Waals surface area contributed by atoms with Gasteiger partial charge in [0.05, 0.1) is 13.7 Å². The van der Waals surface area contributed by atoms with Crippen LogP contribution in [-0.2, 0) is 6.54 Å². The number of amides is 1. The maximum absolute atomic E-state index is 12.3. The Kier molecular flexibility index (Phi) is 3.93. The first-order chi connectivity index (χ1) is 9.49. The van der Waals surface area contributed by atoms with Gasteiger partial charge in [0.1, 0.15) is 17.2 Å². The molecule has 0 atom stereocenters. The van der Waals surface area contributed by atoms with E-state index in [1.54, 1.807) is 43.1 Å². The molecule has 0 saturated heterocycles. The third-order valence-electron chi connectivity index (χ3n) is 2.83. The van der Waals surface area contributed by atoms with Crippen molar-refractivity contribution in [1.29, 1.82) is 0 Å². The Bertz CT molecular complexity index is 622. The van der Waals surface area contributed by atoms with Gasteiger partial charge in [0.2, 0.25) is 0 Å². The molecule has 20 heavy (non-hydrogen) atoms. The fraction of sp³-hybridized carbons (Fsp3) is 0.286. The van der Waals surface area contributed by atoms with Gasteiger partial charge in [0, 0.05) is 30.4 Å². The van der Waals surface area contributed by atoms with Crippen LogP contribution in [0, 0.1) is 6.92 Å². The second-order valence-electron chi connectivity index (χ2n) is 4.58. The molecule has 1 aromatic carbocycles. The monoisotopic (exact) mass is 275 g/mol. The molecule has 2 rings (SSSR count). The third-order valence-corrected chi connectivity index (χ3v) is 2.83. The number of ether oxygens (including phenoxy) is 1. The van der Waals surface area contributed by atoms with Gasteiger partial charge in [-0.3, -0.25) is 4.79 Å². The number of nitrogens with zero attached hydrogens (tertiary/aromatic N) is 2. The molecule has 2 N–H and O–H groups in total. The topological polar surface area (TPSA) is 81.6 Å². The molecule has 0 fully saturated rings. The lowest BCUT2D eigenvalue weighted by Crippen LogP contribution is -2.26. The lowest BCUT2D eigenvalue weighted by atomic mass is 10.1. The highest BCUT2D eigenvalue weighted by molar-refractivity contribution is 5.95. The molecule has 106 valence electrons. The van der Waals surface area contributed by atoms with Crippen LogP contribution in [0.1, 0.15) is 21.8 Å². The molecule has 0 bridgehead atoms. The minimum absolute atomic E-state index is 0.156. The smallest absolute Gasteiger partial charge is 0.254 e. The van der Waals surface area contributed by atoms with Gasteiger partial charge >= 0.3 is 0 Å². The third kappa shape index (κ3) is 3.09. The number of carbonyl (C=O) groups is 1. The maximum Gasteiger partial charge on any atom is 0.254 e. The number of benzene rings is 1. The summed E-state index contributed by atoms with van der Waals surface area (Å²) in [6.07, 6.45) is 0. The molecular formula is C14H17N3O3. The highest BCUT2D eigenvalue weighted by Crippen LogP contribution is 2.20. The normalized spacial score (nSPS) is 10.3. The van der Waals surface area contributed by atoms with E-state index >= 15 is 0 Å². The Morgan fingerprint density at radius 3 is 2.75 bits per heavy atom. The quantitative estimate of drug-likeness (QED) is 0.861. The van der Waals surface area contributed by atoms with E-state index in [0.717, 1.165) is 0 Å². The molecule has 6 nitrogen and oxygen atoms in total. The average molecular weight is 275 g/mol. The van der Waals surface area contributed by atoms with Crippen molar-refractivity contribution in [1.82, 2.24) is 10.1 Å². The lowest BCUT2D eigenvalue weighted by Gasteiger charge is -2.16. The Morgan fingerprint density at radius 1 is 1.40 bits per heavy atom. The van der Waals surface area contributed by atoms with Crippen LogP contribution < -0.4 is 10.5 Å². The Balaban J connectivity index is 2.15. The molecule has 0 aliphatic rings. The minimum Gasteiger partial charge on any atom is -0.497 e. The van der Waals surface area contributed by atoms with Gasteiger partial charge < -0.3 is 19.9 Å². The van der Waals surface area contributed by atoms with Crippen LogP contribution in [0.25, 0.3) is 0 Å². The molecule has 1 heterocycles. The second kappa shape index (κ2) is 5.64. The van der Waals surface area contributed by atoms with Crippen LogP contribution in [0.3, 0.4) is 0 Å². The Morgan fingerprint density at radius 2 is 2.15 bits per heavy atom. The molecule has 0 aliphatic carbocycles. The summed E-state index contributed by atoms with van der Waals surface area (Å²) in [6.45, 7) is 2.17. The van der Waals surface area contributed by atoms with E-state index in [9.17, 15) is 4.79 Å². The average Bonchev–Trinajstić information content (AvgIpc) is 2.82. The number of aryl methyl sites for hydroxylation is 1. The molecule has 0 spiro atoms. The summed E-state index contributed by atoms with van der Waals surface area (Å²) in [6, 6.07) is 6.74. The molecule has 0 saturated carbocycles. The number of rotatable bonds is 4. The van der Waals surface area contributed by atoms with Crippen LogP contribution in [-0.4, -0.2) is 30.1 Å². The Labute approximate surface area is 117 Å². The highest BCUT2D eigenvalue weighted by Gasteiger charge is 2.15. The number of hydrogen-bond donors (Lipinski definition) is 1. The number of anilines is 1. The van der Waals surface area contributed by atoms with E-state index in [4.69, 9.17) is 15.0 Å². The predicted octanol–water partition coefficient (Wildman–Crippen LogP) is 1.85. The summed E-state index contributed by atoms with van der Waals surface area (Å²) < 4.78 is 10.1. The van der Waals surface area contributed by atoms with Gasteiger partial charge in [-0.2, -0.15) is 0 Å². The first kappa shape index (κ1) is 13.9. The molecule has 6 heteroatoms. The van der Waals surface area contributed by atoms with Gasteiger partial charge in [-0.15, -0.1) is 0 Å². The van der Waals surface area contributed by atoms with Crippen molar-refractivity contribution in [3.63, 3.8) is 0 Å². The van der Waals surface area contributed by atoms with Crippen LogP contribution in [0.2, 0.25) is 0 Å². The summed E-state index contributed by atoms with van der Waals surface area (Å²) in [5.41, 5.74) is 7.41. The van der Waals surface area contributed by atoms with E-state index in [-0.39, 0.29) is 5.91 Å². The molecule has 0 unspecified atom stereocenters. The predicted molar refractivity (Wildman–Crippen MR) is 74.4 cm³/mol. The highest BCUT2D eigenvalue weighted by atomic mass is 16.5. The van der Waals surface area contributed by atoms with E-state index in [0.29, 0.717) is 35.0 Å². The SMILES string of the molecule is COc1cc(N)cc(C(=O)N(C)Cc2cc(C)on2)c1. The molecule has 0 radical (unpaired) electrons.